The van der Waals surface area contributed by atoms with Crippen LogP contribution >= 0.6 is 0 Å². The van der Waals surface area contributed by atoms with E-state index in [1.165, 1.54) is 18.4 Å². The molecule has 234 valence electrons. The molecule has 3 aromatic carbocycles. The van der Waals surface area contributed by atoms with Crippen molar-refractivity contribution in [3.63, 3.8) is 0 Å². The lowest BCUT2D eigenvalue weighted by Gasteiger charge is -2.48. The van der Waals surface area contributed by atoms with E-state index in [1.54, 1.807) is 7.11 Å². The zero-order chi connectivity index (χ0) is 31.3. The van der Waals surface area contributed by atoms with Gasteiger partial charge < -0.3 is 29.8 Å². The van der Waals surface area contributed by atoms with Gasteiger partial charge in [-0.25, -0.2) is 4.98 Å². The van der Waals surface area contributed by atoms with Gasteiger partial charge in [0.1, 0.15) is 11.3 Å². The molecule has 0 radical (unpaired) electrons. The molecule has 0 spiro atoms. The molecule has 46 heavy (non-hydrogen) atoms. The van der Waals surface area contributed by atoms with Crippen LogP contribution in [0.1, 0.15) is 58.4 Å². The molecule has 2 aliphatic carbocycles. The van der Waals surface area contributed by atoms with Crippen LogP contribution in [0, 0.1) is 11.8 Å². The normalized spacial score (nSPS) is 22.1. The Balaban J connectivity index is 1.17. The van der Waals surface area contributed by atoms with E-state index >= 15 is 0 Å². The predicted octanol–water partition coefficient (Wildman–Crippen LogP) is 5.48. The Morgan fingerprint density at radius 3 is 2.67 bits per heavy atom. The summed E-state index contributed by atoms with van der Waals surface area (Å²) in [5.74, 6) is 2.52. The topological polar surface area (TPSA) is 107 Å². The van der Waals surface area contributed by atoms with Crippen molar-refractivity contribution in [1.29, 1.82) is 0 Å². The van der Waals surface area contributed by atoms with Gasteiger partial charge in [0.15, 0.2) is 5.82 Å². The number of aromatic nitrogens is 3. The third-order valence-corrected chi connectivity index (χ3v) is 10.9. The second-order valence-electron chi connectivity index (χ2n) is 13.8. The maximum Gasteiger partial charge on any atom is 0.254 e. The number of hydrogen-bond acceptors (Lipinski definition) is 5. The van der Waals surface area contributed by atoms with Crippen molar-refractivity contribution in [1.82, 2.24) is 24.3 Å². The van der Waals surface area contributed by atoms with E-state index in [-0.39, 0.29) is 23.9 Å². The summed E-state index contributed by atoms with van der Waals surface area (Å²) < 4.78 is 10.5. The fraction of sp³-hybridized carbons (Fsp3) is 0.378. The molecule has 9 heteroatoms. The largest absolute Gasteiger partial charge is 0.494 e. The maximum absolute atomic E-state index is 13.9. The molecule has 2 amide bonds. The van der Waals surface area contributed by atoms with Gasteiger partial charge in [0, 0.05) is 60.8 Å². The molecule has 3 N–H and O–H groups in total. The summed E-state index contributed by atoms with van der Waals surface area (Å²) >= 11 is 0. The monoisotopic (exact) mass is 614 g/mol. The predicted molar refractivity (Wildman–Crippen MR) is 178 cm³/mol. The highest BCUT2D eigenvalue weighted by atomic mass is 16.5. The van der Waals surface area contributed by atoms with Crippen LogP contribution in [0.15, 0.2) is 54.6 Å². The Morgan fingerprint density at radius 1 is 1.04 bits per heavy atom. The van der Waals surface area contributed by atoms with Crippen molar-refractivity contribution in [2.45, 2.75) is 57.3 Å². The van der Waals surface area contributed by atoms with Crippen LogP contribution in [0.5, 0.6) is 5.75 Å². The van der Waals surface area contributed by atoms with Gasteiger partial charge >= 0.3 is 0 Å². The highest BCUT2D eigenvalue weighted by Crippen LogP contribution is 2.42. The minimum Gasteiger partial charge on any atom is -0.494 e. The average Bonchev–Trinajstić information content (AvgIpc) is 3.59. The highest BCUT2D eigenvalue weighted by Gasteiger charge is 2.41. The first kappa shape index (κ1) is 27.7. The summed E-state index contributed by atoms with van der Waals surface area (Å²) in [5, 5.41) is 4.09. The van der Waals surface area contributed by atoms with Gasteiger partial charge in [-0.3, -0.25) is 9.59 Å². The number of hydrogen-bond donors (Lipinski definition) is 2. The zero-order valence-electron chi connectivity index (χ0n) is 26.3. The van der Waals surface area contributed by atoms with Crippen LogP contribution < -0.4 is 15.8 Å². The highest BCUT2D eigenvalue weighted by molar-refractivity contribution is 6.03. The molecule has 5 heterocycles. The molecule has 0 unspecified atom stereocenters. The molecule has 3 aliphatic heterocycles. The van der Waals surface area contributed by atoms with Crippen molar-refractivity contribution in [3.8, 4) is 28.4 Å². The minimum absolute atomic E-state index is 0.00588. The van der Waals surface area contributed by atoms with Crippen molar-refractivity contribution in [3.05, 3.63) is 71.3 Å². The van der Waals surface area contributed by atoms with E-state index in [9.17, 15) is 9.59 Å². The van der Waals surface area contributed by atoms with E-state index in [4.69, 9.17) is 15.5 Å². The van der Waals surface area contributed by atoms with E-state index in [0.717, 1.165) is 82.5 Å². The molecule has 5 aliphatic rings. The molecule has 5 aromatic rings. The second kappa shape index (κ2) is 10.2. The number of piperidine rings is 2. The number of ether oxygens (including phenoxy) is 1. The van der Waals surface area contributed by atoms with Crippen molar-refractivity contribution >= 4 is 33.8 Å². The number of nitrogens with one attached hydrogen (secondary N) is 1. The van der Waals surface area contributed by atoms with E-state index in [1.807, 2.05) is 30.1 Å². The zero-order valence-corrected chi connectivity index (χ0v) is 26.3. The molecule has 2 saturated heterocycles. The number of rotatable bonds is 6. The molecule has 9 nitrogen and oxygen atoms in total. The first-order valence-electron chi connectivity index (χ1n) is 16.5. The van der Waals surface area contributed by atoms with Crippen LogP contribution in [0.25, 0.3) is 44.6 Å². The molecule has 2 aromatic heterocycles. The number of amides is 2. The number of fused-ring (bicyclic) bond motifs is 6. The van der Waals surface area contributed by atoms with Gasteiger partial charge in [-0.15, -0.1) is 0 Å². The number of nitrogens with zero attached hydrogens (tertiary/aromatic N) is 4. The van der Waals surface area contributed by atoms with Crippen LogP contribution in [0.4, 0.5) is 0 Å². The van der Waals surface area contributed by atoms with Crippen LogP contribution in [0.2, 0.25) is 0 Å². The number of para-hydroxylation sites is 1. The fourth-order valence-electron chi connectivity index (χ4n) is 8.28. The van der Waals surface area contributed by atoms with Crippen LogP contribution in [-0.4, -0.2) is 56.6 Å². The number of carbonyl (C=O) groups excluding carboxylic acids is 2. The van der Waals surface area contributed by atoms with E-state index < -0.39 is 0 Å². The quantitative estimate of drug-likeness (QED) is 0.264. The van der Waals surface area contributed by atoms with Crippen molar-refractivity contribution in [2.75, 3.05) is 13.7 Å². The number of imidazole rings is 1. The number of nitrogens with two attached hydrogens (primary N) is 1. The van der Waals surface area contributed by atoms with Gasteiger partial charge in [-0.1, -0.05) is 24.3 Å². The smallest absolute Gasteiger partial charge is 0.254 e. The average molecular weight is 615 g/mol. The summed E-state index contributed by atoms with van der Waals surface area (Å²) in [5.41, 5.74) is 14.9. The lowest BCUT2D eigenvalue weighted by Crippen LogP contribution is -2.58. The Hall–Kier alpha value is -4.63. The third-order valence-electron chi connectivity index (χ3n) is 10.9. The van der Waals surface area contributed by atoms with Crippen molar-refractivity contribution in [2.24, 2.45) is 24.6 Å². The summed E-state index contributed by atoms with van der Waals surface area (Å²) in [4.78, 5) is 33.4. The Bertz CT molecular complexity index is 2090. The minimum atomic E-state index is -0.00588. The number of benzene rings is 3. The lowest BCUT2D eigenvalue weighted by atomic mass is 9.76. The molecule has 2 saturated carbocycles. The van der Waals surface area contributed by atoms with E-state index in [0.29, 0.717) is 29.7 Å². The summed E-state index contributed by atoms with van der Waals surface area (Å²) in [6.07, 6.45) is 5.43. The molecular formula is C37H38N6O3. The lowest BCUT2D eigenvalue weighted by molar-refractivity contribution is 0.0261. The number of aryl methyl sites for hydroxylation is 1. The Labute approximate surface area is 267 Å². The summed E-state index contributed by atoms with van der Waals surface area (Å²) in [6, 6.07) is 19.1. The summed E-state index contributed by atoms with van der Waals surface area (Å²) in [6.45, 7) is 2.19. The Kier molecular flexibility index (Phi) is 6.13. The van der Waals surface area contributed by atoms with Gasteiger partial charge in [0.05, 0.1) is 23.8 Å². The maximum atomic E-state index is 13.9. The molecular weight excluding hydrogens is 576 g/mol. The standard InChI is InChI=1S/C37H38N6O3/c1-41-34-30(13-24(15-32(34)46-2)37(45)42-19-23-8-10-26(42)16-29(23)38)40-35(41)31-14-22-4-3-5-27(33(22)43(31)18-20-6-7-20)21-9-11-28-25(12-21)17-39-36(28)44/h3-5,9,11-15,20,23,26,29H,6-8,10,16-19,38H2,1-2H3,(H,39,44)/t23-,26-,29+/m1/s1. The molecule has 3 atom stereocenters. The summed E-state index contributed by atoms with van der Waals surface area (Å²) in [7, 11) is 3.69. The first-order valence-corrected chi connectivity index (χ1v) is 16.5. The SMILES string of the molecule is COc1cc(C(=O)N2C[C@H]3CC[C@@H]2C[C@@H]3N)cc2nc(-c3cc4cccc(-c5ccc6c(c5)CNC6=O)c4n3CC3CC3)n(C)c12. The van der Waals surface area contributed by atoms with Gasteiger partial charge in [0.25, 0.3) is 11.8 Å². The third kappa shape index (κ3) is 4.21. The second-order valence-corrected chi connectivity index (χ2v) is 13.8. The molecule has 4 fully saturated rings. The van der Waals surface area contributed by atoms with Gasteiger partial charge in [0.2, 0.25) is 0 Å². The first-order chi connectivity index (χ1) is 22.4. The van der Waals surface area contributed by atoms with Crippen LogP contribution in [0.3, 0.4) is 0 Å². The molecule has 10 rings (SSSR count). The van der Waals surface area contributed by atoms with Crippen LogP contribution in [-0.2, 0) is 20.1 Å². The van der Waals surface area contributed by atoms with Gasteiger partial charge in [-0.05, 0) is 85.4 Å². The fourth-order valence-corrected chi connectivity index (χ4v) is 8.28. The number of methoxy groups -OCH3 is 1. The number of carbonyl (C=O) groups is 2. The van der Waals surface area contributed by atoms with Gasteiger partial charge in [-0.2, -0.15) is 0 Å². The van der Waals surface area contributed by atoms with E-state index in [2.05, 4.69) is 50.8 Å². The van der Waals surface area contributed by atoms with Crippen molar-refractivity contribution < 1.29 is 14.3 Å². The molecule has 2 bridgehead atoms. The Morgan fingerprint density at radius 2 is 1.91 bits per heavy atom.